The normalized spacial score (nSPS) is 15.7. The van der Waals surface area contributed by atoms with Gasteiger partial charge in [-0.3, -0.25) is 19.8 Å². The summed E-state index contributed by atoms with van der Waals surface area (Å²) in [4.78, 5) is 81.5. The lowest BCUT2D eigenvalue weighted by molar-refractivity contribution is -0.765. The summed E-state index contributed by atoms with van der Waals surface area (Å²) in [6.07, 6.45) is 2.14. The van der Waals surface area contributed by atoms with Crippen LogP contribution in [-0.4, -0.2) is 90.3 Å². The van der Waals surface area contributed by atoms with Crippen molar-refractivity contribution in [2.75, 3.05) is 35.8 Å². The highest BCUT2D eigenvalue weighted by Crippen LogP contribution is 2.46. The van der Waals surface area contributed by atoms with E-state index in [4.69, 9.17) is 24.8 Å². The zero-order chi connectivity index (χ0) is 55.1. The van der Waals surface area contributed by atoms with Gasteiger partial charge in [0.25, 0.3) is 0 Å². The van der Waals surface area contributed by atoms with Crippen LogP contribution in [0.4, 0.5) is 21.4 Å². The molecule has 0 bridgehead atoms. The summed E-state index contributed by atoms with van der Waals surface area (Å²) in [5.41, 5.74) is 6.60. The number of thioether (sulfide) groups is 1. The number of fused-ring (bicyclic) bond motifs is 1. The molecule has 3 amide bonds. The number of nitrogens with one attached hydrogen (secondary N) is 3. The Labute approximate surface area is 455 Å². The van der Waals surface area contributed by atoms with Gasteiger partial charge in [0.1, 0.15) is 29.2 Å². The Kier molecular flexibility index (Phi) is 16.8. The summed E-state index contributed by atoms with van der Waals surface area (Å²) >= 11 is 2.22. The quantitative estimate of drug-likeness (QED) is 0.0135. The first kappa shape index (κ1) is 55.2. The average molecular weight is 1080 g/mol. The monoisotopic (exact) mass is 1080 g/mol. The molecule has 8 rings (SSSR count). The third kappa shape index (κ3) is 12.3. The van der Waals surface area contributed by atoms with Crippen LogP contribution < -0.4 is 31.1 Å². The van der Waals surface area contributed by atoms with Gasteiger partial charge in [0.05, 0.1) is 25.4 Å². The van der Waals surface area contributed by atoms with Crippen LogP contribution in [0.15, 0.2) is 138 Å². The van der Waals surface area contributed by atoms with Crippen LogP contribution in [0.25, 0.3) is 0 Å². The summed E-state index contributed by atoms with van der Waals surface area (Å²) in [6.45, 7) is 10.4. The highest BCUT2D eigenvalue weighted by molar-refractivity contribution is 8.00. The summed E-state index contributed by atoms with van der Waals surface area (Å²) in [5, 5.41) is 13.4. The van der Waals surface area contributed by atoms with Gasteiger partial charge in [-0.05, 0) is 75.4 Å². The van der Waals surface area contributed by atoms with Gasteiger partial charge in [0.2, 0.25) is 23.5 Å². The van der Waals surface area contributed by atoms with E-state index < -0.39 is 57.7 Å². The second kappa shape index (κ2) is 23.5. The van der Waals surface area contributed by atoms with Crippen LogP contribution in [0, 0.1) is 5.92 Å². The molecule has 1 saturated heterocycles. The molecule has 2 aliphatic heterocycles. The Balaban J connectivity index is 1.17. The fourth-order valence-electron chi connectivity index (χ4n) is 8.86. The molecule has 0 radical (unpaired) electrons. The van der Waals surface area contributed by atoms with Crippen molar-refractivity contribution in [2.45, 2.75) is 89.7 Å². The molecule has 1 fully saturated rings. The van der Waals surface area contributed by atoms with Crippen LogP contribution >= 0.6 is 23.3 Å². The molecule has 0 aliphatic carbocycles. The fraction of sp³-hybridized carbons (Fsp3) is 0.339. The number of esters is 2. The second-order valence-electron chi connectivity index (χ2n) is 19.9. The molecule has 2 aliphatic rings. The maximum absolute atomic E-state index is 14.7. The minimum Gasteiger partial charge on any atom is -0.497 e. The van der Waals surface area contributed by atoms with E-state index in [2.05, 4.69) is 66.9 Å². The Bertz CT molecular complexity index is 3080. The highest BCUT2D eigenvalue weighted by Gasteiger charge is 2.55. The van der Waals surface area contributed by atoms with Gasteiger partial charge in [0.15, 0.2) is 34.7 Å². The van der Waals surface area contributed by atoms with Gasteiger partial charge in [-0.25, -0.2) is 14.4 Å². The van der Waals surface area contributed by atoms with Crippen molar-refractivity contribution >= 4 is 75.3 Å². The second-order valence-corrected chi connectivity index (χ2v) is 21.8. The molecule has 4 heterocycles. The van der Waals surface area contributed by atoms with Crippen LogP contribution in [0.1, 0.15) is 82.5 Å². The molecular weight excluding hydrogens is 1020 g/mol. The number of rotatable bonds is 21. The molecule has 21 heteroatoms. The lowest BCUT2D eigenvalue weighted by Gasteiger charge is -2.49. The highest BCUT2D eigenvalue weighted by atomic mass is 32.2. The first-order valence-corrected chi connectivity index (χ1v) is 26.8. The smallest absolute Gasteiger partial charge is 0.355 e. The molecule has 0 saturated carbocycles. The number of carbonyl (C=O) groups is 5. The van der Waals surface area contributed by atoms with Crippen molar-refractivity contribution in [1.82, 2.24) is 24.3 Å². The Morgan fingerprint density at radius 1 is 0.883 bits per heavy atom. The predicted octanol–water partition coefficient (Wildman–Crippen LogP) is 7.72. The molecule has 2 atom stereocenters. The maximum Gasteiger partial charge on any atom is 0.355 e. The number of carbonyl (C=O) groups excluding carboxylic acids is 5. The first-order chi connectivity index (χ1) is 36.8. The van der Waals surface area contributed by atoms with E-state index >= 15 is 0 Å². The number of nitrogens with zero attached hydrogens (tertiary/aromatic N) is 6. The summed E-state index contributed by atoms with van der Waals surface area (Å²) in [7, 11) is 3.41. The number of amides is 3. The molecule has 77 heavy (non-hydrogen) atoms. The van der Waals surface area contributed by atoms with Gasteiger partial charge in [-0.15, -0.1) is 21.1 Å². The largest absolute Gasteiger partial charge is 0.497 e. The van der Waals surface area contributed by atoms with E-state index in [1.165, 1.54) is 30.5 Å². The van der Waals surface area contributed by atoms with Crippen molar-refractivity contribution in [1.29, 1.82) is 0 Å². The average Bonchev–Trinajstić information content (AvgIpc) is 4.02. The van der Waals surface area contributed by atoms with Crippen LogP contribution in [0.5, 0.6) is 5.75 Å². The number of aromatic nitrogens is 4. The lowest BCUT2D eigenvalue weighted by atomic mass is 9.77. The van der Waals surface area contributed by atoms with Crippen LogP contribution in [0.3, 0.4) is 0 Å². The number of hydrogen-bond donors (Lipinski definition) is 4. The van der Waals surface area contributed by atoms with E-state index in [9.17, 15) is 24.0 Å². The number of nitrogen functional groups attached to an aromatic ring is 1. The van der Waals surface area contributed by atoms with Gasteiger partial charge >= 0.3 is 18.0 Å². The van der Waals surface area contributed by atoms with Crippen molar-refractivity contribution in [3.05, 3.63) is 161 Å². The zero-order valence-electron chi connectivity index (χ0n) is 44.2. The fourth-order valence-corrected chi connectivity index (χ4v) is 10.7. The predicted molar refractivity (Wildman–Crippen MR) is 294 cm³/mol. The minimum absolute atomic E-state index is 0.0341. The number of methoxy groups -OCH3 is 1. The Morgan fingerprint density at radius 2 is 1.49 bits per heavy atom. The Morgan fingerprint density at radius 3 is 2.04 bits per heavy atom. The molecule has 0 unspecified atom stereocenters. The molecule has 402 valence electrons. The van der Waals surface area contributed by atoms with E-state index in [-0.39, 0.29) is 47.7 Å². The minimum atomic E-state index is -1.63. The first-order valence-electron chi connectivity index (χ1n) is 25.0. The number of benzene rings is 4. The molecule has 5 N–H and O–H groups in total. The summed E-state index contributed by atoms with van der Waals surface area (Å²) in [5.74, 6) is -2.28. The SMILES string of the molecule is CCCNC(=O)Nc1c[n+](CC2=C(C(=O)OCc3ccc(OC)cc3)N3C(=O)[C@@H](CC(=O)/C(=N\OC(C)(C)C(=O)OC(C)(C)C)c4nsc(N)n4)[C@H]3SC2)n(C)c1NC(c1ccccc1)(c1ccccc1)c1ccccc1. The Hall–Kier alpha value is -8.04. The third-order valence-electron chi connectivity index (χ3n) is 12.8. The molecule has 19 nitrogen and oxygen atoms in total. The van der Waals surface area contributed by atoms with Gasteiger partial charge in [0, 0.05) is 35.8 Å². The third-order valence-corrected chi connectivity index (χ3v) is 14.7. The molecule has 2 aromatic heterocycles. The molecular formula is C56H63N10O9S2+. The zero-order valence-corrected chi connectivity index (χ0v) is 45.8. The topological polar surface area (TPSA) is 235 Å². The van der Waals surface area contributed by atoms with Gasteiger partial charge in [-0.2, -0.15) is 9.36 Å². The standard InChI is InChI=1S/C56H62N10O9S2/c1-9-29-58-53(71)59-42-32-65(64(7)47(42)61-56(37-19-13-10-14-20-37,38-21-15-11-16-22-38)39-23-17-12-18-24-39)31-36-34-76-49-41(48(68)66(49)45(36)50(69)73-33-35-25-27-40(72-8)28-26-35)30-43(67)44(46-60-52(57)77-63-46)62-75-55(5,6)51(70)74-54(2,3)4/h10-28,32,41,49H,9,29-31,33-34H2,1-8H3,(H4,57,58,59,60,63,71)/p+1/b62-44+/t41-,49-/m1/s1. The van der Waals surface area contributed by atoms with Gasteiger partial charge < -0.3 is 35.4 Å². The molecule has 4 aromatic carbocycles. The van der Waals surface area contributed by atoms with Crippen molar-refractivity contribution in [3.63, 3.8) is 0 Å². The number of ether oxygens (including phenoxy) is 3. The number of Topliss-reactive ketones (excluding diaryl/α,β-unsaturated/α-hetero) is 1. The molecule has 6 aromatic rings. The number of oxime groups is 1. The van der Waals surface area contributed by atoms with E-state index in [0.29, 0.717) is 34.9 Å². The molecule has 0 spiro atoms. The number of urea groups is 1. The van der Waals surface area contributed by atoms with E-state index in [1.54, 1.807) is 58.3 Å². The number of anilines is 3. The van der Waals surface area contributed by atoms with Crippen molar-refractivity contribution in [2.24, 2.45) is 18.1 Å². The maximum atomic E-state index is 14.7. The van der Waals surface area contributed by atoms with Crippen molar-refractivity contribution < 1.29 is 47.7 Å². The van der Waals surface area contributed by atoms with E-state index in [1.807, 2.05) is 77.9 Å². The van der Waals surface area contributed by atoms with Crippen molar-refractivity contribution in [3.8, 4) is 5.75 Å². The van der Waals surface area contributed by atoms with Gasteiger partial charge in [-0.1, -0.05) is 115 Å². The van der Waals surface area contributed by atoms with E-state index in [0.717, 1.165) is 34.6 Å². The van der Waals surface area contributed by atoms with Crippen LogP contribution in [-0.2, 0) is 59.2 Å². The number of hydrogen-bond acceptors (Lipinski definition) is 16. The summed E-state index contributed by atoms with van der Waals surface area (Å²) < 4.78 is 24.8. The number of β-lactam (4-membered cyclic amide) rings is 1. The lowest BCUT2D eigenvalue weighted by Crippen LogP contribution is -2.62. The summed E-state index contributed by atoms with van der Waals surface area (Å²) in [6, 6.07) is 36.8. The van der Waals surface area contributed by atoms with Crippen LogP contribution in [0.2, 0.25) is 0 Å². The number of ketones is 1. The number of nitrogens with two attached hydrogens (primary N) is 1.